The minimum Gasteiger partial charge on any atom is -0.316 e. The van der Waals surface area contributed by atoms with Gasteiger partial charge in [0.25, 0.3) is 0 Å². The average Bonchev–Trinajstić information content (AvgIpc) is 2.47. The summed E-state index contributed by atoms with van der Waals surface area (Å²) in [5.41, 5.74) is 1.23. The molecular formula is C14H19N3O2S. The molecule has 0 aliphatic carbocycles. The van der Waals surface area contributed by atoms with Crippen molar-refractivity contribution in [1.82, 2.24) is 10.0 Å². The van der Waals surface area contributed by atoms with Crippen LogP contribution >= 0.6 is 0 Å². The highest BCUT2D eigenvalue weighted by Gasteiger charge is 2.17. The number of nitriles is 1. The van der Waals surface area contributed by atoms with Crippen molar-refractivity contribution in [1.29, 1.82) is 5.26 Å². The van der Waals surface area contributed by atoms with E-state index in [-0.39, 0.29) is 5.75 Å². The minimum absolute atomic E-state index is 0.0428. The highest BCUT2D eigenvalue weighted by molar-refractivity contribution is 7.88. The molecule has 0 aromatic heterocycles. The van der Waals surface area contributed by atoms with E-state index >= 15 is 0 Å². The molecule has 1 atom stereocenters. The van der Waals surface area contributed by atoms with Crippen LogP contribution in [0, 0.1) is 17.2 Å². The van der Waals surface area contributed by atoms with E-state index in [1.165, 1.54) is 0 Å². The van der Waals surface area contributed by atoms with E-state index in [0.717, 1.165) is 25.9 Å². The number of benzene rings is 1. The number of nitrogens with zero attached hydrogens (tertiary/aromatic N) is 1. The van der Waals surface area contributed by atoms with Crippen LogP contribution in [0.15, 0.2) is 24.3 Å². The summed E-state index contributed by atoms with van der Waals surface area (Å²) in [5, 5.41) is 12.0. The lowest BCUT2D eigenvalue weighted by molar-refractivity contribution is 0.376. The zero-order valence-corrected chi connectivity index (χ0v) is 12.1. The molecule has 1 saturated heterocycles. The van der Waals surface area contributed by atoms with Crippen molar-refractivity contribution in [2.24, 2.45) is 5.92 Å². The van der Waals surface area contributed by atoms with Gasteiger partial charge in [-0.1, -0.05) is 12.1 Å². The lowest BCUT2D eigenvalue weighted by Gasteiger charge is -2.22. The van der Waals surface area contributed by atoms with Gasteiger partial charge in [0.1, 0.15) is 0 Å². The van der Waals surface area contributed by atoms with Gasteiger partial charge in [-0.15, -0.1) is 0 Å². The highest BCUT2D eigenvalue weighted by Crippen LogP contribution is 2.11. The largest absolute Gasteiger partial charge is 0.316 e. The third kappa shape index (κ3) is 4.60. The molecule has 2 rings (SSSR count). The predicted octanol–water partition coefficient (Wildman–Crippen LogP) is 0.977. The summed E-state index contributed by atoms with van der Waals surface area (Å²) in [6.07, 6.45) is 2.16. The third-order valence-corrected chi connectivity index (χ3v) is 4.75. The van der Waals surface area contributed by atoms with Crippen molar-refractivity contribution in [2.75, 3.05) is 19.6 Å². The molecule has 5 nitrogen and oxygen atoms in total. The number of rotatable bonds is 5. The molecule has 0 radical (unpaired) electrons. The first-order chi connectivity index (χ1) is 9.59. The van der Waals surface area contributed by atoms with E-state index in [9.17, 15) is 8.42 Å². The van der Waals surface area contributed by atoms with Crippen molar-refractivity contribution < 1.29 is 8.42 Å². The van der Waals surface area contributed by atoms with Crippen LogP contribution < -0.4 is 10.0 Å². The molecule has 1 aromatic carbocycles. The lowest BCUT2D eigenvalue weighted by Crippen LogP contribution is -2.38. The molecule has 1 aliphatic rings. The van der Waals surface area contributed by atoms with E-state index in [1.807, 2.05) is 6.07 Å². The van der Waals surface area contributed by atoms with Gasteiger partial charge in [0.15, 0.2) is 0 Å². The van der Waals surface area contributed by atoms with E-state index in [4.69, 9.17) is 5.26 Å². The molecule has 108 valence electrons. The van der Waals surface area contributed by atoms with Crippen LogP contribution in [0.25, 0.3) is 0 Å². The van der Waals surface area contributed by atoms with E-state index in [0.29, 0.717) is 23.6 Å². The summed E-state index contributed by atoms with van der Waals surface area (Å²) < 4.78 is 26.7. The van der Waals surface area contributed by atoms with Crippen LogP contribution in [-0.4, -0.2) is 28.1 Å². The van der Waals surface area contributed by atoms with Crippen molar-refractivity contribution in [3.05, 3.63) is 35.4 Å². The van der Waals surface area contributed by atoms with E-state index in [1.54, 1.807) is 24.3 Å². The number of hydrogen-bond donors (Lipinski definition) is 2. The SMILES string of the molecule is N#Cc1ccc(CS(=O)(=O)NCC2CCCNC2)cc1. The second-order valence-electron chi connectivity index (χ2n) is 5.13. The molecular weight excluding hydrogens is 274 g/mol. The van der Waals surface area contributed by atoms with Gasteiger partial charge < -0.3 is 5.32 Å². The molecule has 2 N–H and O–H groups in total. The second kappa shape index (κ2) is 6.84. The molecule has 0 bridgehead atoms. The predicted molar refractivity (Wildman–Crippen MR) is 77.4 cm³/mol. The van der Waals surface area contributed by atoms with Crippen molar-refractivity contribution in [3.63, 3.8) is 0 Å². The van der Waals surface area contributed by atoms with Gasteiger partial charge in [0.05, 0.1) is 17.4 Å². The van der Waals surface area contributed by atoms with Crippen LogP contribution in [0.2, 0.25) is 0 Å². The number of nitrogens with one attached hydrogen (secondary N) is 2. The maximum atomic E-state index is 12.0. The molecule has 1 heterocycles. The molecule has 6 heteroatoms. The summed E-state index contributed by atoms with van der Waals surface area (Å²) in [5.74, 6) is 0.332. The van der Waals surface area contributed by atoms with Gasteiger partial charge in [0.2, 0.25) is 10.0 Å². The molecule has 1 aromatic rings. The fourth-order valence-corrected chi connectivity index (χ4v) is 3.51. The Kier molecular flexibility index (Phi) is 5.12. The summed E-state index contributed by atoms with van der Waals surface area (Å²) in [4.78, 5) is 0. The lowest BCUT2D eigenvalue weighted by atomic mass is 10.0. The second-order valence-corrected chi connectivity index (χ2v) is 6.94. The third-order valence-electron chi connectivity index (χ3n) is 3.43. The van der Waals surface area contributed by atoms with E-state index in [2.05, 4.69) is 10.0 Å². The first kappa shape index (κ1) is 15.0. The van der Waals surface area contributed by atoms with Gasteiger partial charge in [-0.25, -0.2) is 13.1 Å². The normalized spacial score (nSPS) is 19.4. The zero-order valence-electron chi connectivity index (χ0n) is 11.3. The van der Waals surface area contributed by atoms with Gasteiger partial charge in [-0.3, -0.25) is 0 Å². The number of piperidine rings is 1. The molecule has 1 fully saturated rings. The van der Waals surface area contributed by atoms with Gasteiger partial charge >= 0.3 is 0 Å². The Labute approximate surface area is 120 Å². The van der Waals surface area contributed by atoms with Gasteiger partial charge in [0, 0.05) is 6.54 Å². The van der Waals surface area contributed by atoms with Crippen LogP contribution in [0.3, 0.4) is 0 Å². The van der Waals surface area contributed by atoms with Crippen LogP contribution in [0.5, 0.6) is 0 Å². The maximum Gasteiger partial charge on any atom is 0.215 e. The smallest absolute Gasteiger partial charge is 0.215 e. The van der Waals surface area contributed by atoms with Crippen LogP contribution in [-0.2, 0) is 15.8 Å². The Bertz CT molecular complexity index is 569. The van der Waals surface area contributed by atoms with Crippen LogP contribution in [0.4, 0.5) is 0 Å². The summed E-state index contributed by atoms with van der Waals surface area (Å²) in [6, 6.07) is 8.64. The Morgan fingerprint density at radius 3 is 2.70 bits per heavy atom. The standard InChI is InChI=1S/C14H19N3O2S/c15-8-12-3-5-13(6-4-12)11-20(18,19)17-10-14-2-1-7-16-9-14/h3-6,14,16-17H,1-2,7,9-11H2. The summed E-state index contributed by atoms with van der Waals surface area (Å²) in [7, 11) is -3.31. The Morgan fingerprint density at radius 1 is 1.35 bits per heavy atom. The van der Waals surface area contributed by atoms with Crippen molar-refractivity contribution in [2.45, 2.75) is 18.6 Å². The summed E-state index contributed by atoms with van der Waals surface area (Å²) >= 11 is 0. The maximum absolute atomic E-state index is 12.0. The Balaban J connectivity index is 1.87. The minimum atomic E-state index is -3.31. The van der Waals surface area contributed by atoms with Crippen molar-refractivity contribution >= 4 is 10.0 Å². The molecule has 1 aliphatic heterocycles. The highest BCUT2D eigenvalue weighted by atomic mass is 32.2. The quantitative estimate of drug-likeness (QED) is 0.848. The van der Waals surface area contributed by atoms with E-state index < -0.39 is 10.0 Å². The Morgan fingerprint density at radius 2 is 2.10 bits per heavy atom. The van der Waals surface area contributed by atoms with Gasteiger partial charge in [-0.2, -0.15) is 5.26 Å². The fraction of sp³-hybridized carbons (Fsp3) is 0.500. The zero-order chi connectivity index (χ0) is 14.4. The van der Waals surface area contributed by atoms with Crippen LogP contribution in [0.1, 0.15) is 24.0 Å². The molecule has 0 spiro atoms. The average molecular weight is 293 g/mol. The fourth-order valence-electron chi connectivity index (χ4n) is 2.29. The molecule has 1 unspecified atom stereocenters. The Hall–Kier alpha value is -1.42. The monoisotopic (exact) mass is 293 g/mol. The number of sulfonamides is 1. The van der Waals surface area contributed by atoms with Gasteiger partial charge in [-0.05, 0) is 49.5 Å². The number of hydrogen-bond acceptors (Lipinski definition) is 4. The molecule has 20 heavy (non-hydrogen) atoms. The molecule has 0 saturated carbocycles. The first-order valence-corrected chi connectivity index (χ1v) is 8.41. The topological polar surface area (TPSA) is 82.0 Å². The molecule has 0 amide bonds. The van der Waals surface area contributed by atoms with Crippen molar-refractivity contribution in [3.8, 4) is 6.07 Å². The summed E-state index contributed by atoms with van der Waals surface area (Å²) in [6.45, 7) is 2.39. The first-order valence-electron chi connectivity index (χ1n) is 6.76.